The minimum absolute atomic E-state index is 0.172. The Labute approximate surface area is 115 Å². The number of benzene rings is 1. The van der Waals surface area contributed by atoms with E-state index in [-0.39, 0.29) is 11.9 Å². The van der Waals surface area contributed by atoms with Crippen molar-refractivity contribution in [3.8, 4) is 0 Å². The van der Waals surface area contributed by atoms with Crippen molar-refractivity contribution in [3.05, 3.63) is 30.3 Å². The molecule has 1 fully saturated rings. The second-order valence-electron chi connectivity index (χ2n) is 5.34. The number of primary amides is 1. The molecule has 1 unspecified atom stereocenters. The summed E-state index contributed by atoms with van der Waals surface area (Å²) < 4.78 is 0. The molecule has 1 heterocycles. The van der Waals surface area contributed by atoms with Crippen LogP contribution in [0.3, 0.4) is 0 Å². The van der Waals surface area contributed by atoms with Crippen molar-refractivity contribution in [3.63, 3.8) is 0 Å². The quantitative estimate of drug-likeness (QED) is 0.844. The Bertz CT molecular complexity index is 399. The van der Waals surface area contributed by atoms with Gasteiger partial charge in [0.1, 0.15) is 0 Å². The minimum Gasteiger partial charge on any atom is -0.371 e. The summed E-state index contributed by atoms with van der Waals surface area (Å²) in [5, 5.41) is 3.49. The number of para-hydroxylation sites is 1. The zero-order valence-corrected chi connectivity index (χ0v) is 11.5. The summed E-state index contributed by atoms with van der Waals surface area (Å²) in [6, 6.07) is 11.2. The zero-order valence-electron chi connectivity index (χ0n) is 11.5. The predicted molar refractivity (Wildman–Crippen MR) is 78.1 cm³/mol. The number of piperidine rings is 1. The number of nitrogens with zero attached hydrogens (tertiary/aromatic N) is 1. The van der Waals surface area contributed by atoms with Gasteiger partial charge in [-0.15, -0.1) is 0 Å². The number of amides is 1. The first-order valence-corrected chi connectivity index (χ1v) is 6.99. The number of hydrogen-bond acceptors (Lipinski definition) is 3. The third-order valence-electron chi connectivity index (χ3n) is 3.64. The number of nitrogens with two attached hydrogens (primary N) is 1. The number of rotatable bonds is 5. The molecule has 1 aromatic rings. The Kier molecular flexibility index (Phi) is 4.80. The van der Waals surface area contributed by atoms with E-state index in [1.807, 2.05) is 13.0 Å². The van der Waals surface area contributed by atoms with Gasteiger partial charge in [-0.3, -0.25) is 4.79 Å². The van der Waals surface area contributed by atoms with E-state index in [2.05, 4.69) is 34.5 Å². The van der Waals surface area contributed by atoms with Crippen molar-refractivity contribution in [1.29, 1.82) is 0 Å². The lowest BCUT2D eigenvalue weighted by atomic mass is 10.0. The van der Waals surface area contributed by atoms with E-state index >= 15 is 0 Å². The second kappa shape index (κ2) is 6.57. The summed E-state index contributed by atoms with van der Waals surface area (Å²) >= 11 is 0. The van der Waals surface area contributed by atoms with Crippen LogP contribution in [0.15, 0.2) is 30.3 Å². The van der Waals surface area contributed by atoms with Gasteiger partial charge in [0.05, 0.1) is 0 Å². The lowest BCUT2D eigenvalue weighted by Gasteiger charge is -2.35. The maximum absolute atomic E-state index is 10.9. The summed E-state index contributed by atoms with van der Waals surface area (Å²) in [5.74, 6) is -0.235. The molecular formula is C15H23N3O. The lowest BCUT2D eigenvalue weighted by Crippen LogP contribution is -2.46. The van der Waals surface area contributed by atoms with Crippen molar-refractivity contribution in [1.82, 2.24) is 5.32 Å². The van der Waals surface area contributed by atoms with Gasteiger partial charge in [0, 0.05) is 37.3 Å². The van der Waals surface area contributed by atoms with Crippen LogP contribution in [0, 0.1) is 0 Å². The second-order valence-corrected chi connectivity index (χ2v) is 5.34. The first-order chi connectivity index (χ1) is 9.15. The minimum atomic E-state index is -0.235. The molecular weight excluding hydrogens is 238 g/mol. The van der Waals surface area contributed by atoms with Crippen molar-refractivity contribution >= 4 is 11.6 Å². The average Bonchev–Trinajstić information content (AvgIpc) is 2.39. The van der Waals surface area contributed by atoms with Crippen LogP contribution in [0.2, 0.25) is 0 Å². The molecule has 3 N–H and O–H groups in total. The lowest BCUT2D eigenvalue weighted by molar-refractivity contribution is -0.118. The number of hydrogen-bond donors (Lipinski definition) is 2. The fraction of sp³-hybridized carbons (Fsp3) is 0.533. The van der Waals surface area contributed by atoms with Crippen LogP contribution in [-0.4, -0.2) is 31.1 Å². The number of nitrogens with one attached hydrogen (secondary N) is 1. The van der Waals surface area contributed by atoms with Crippen LogP contribution < -0.4 is 16.0 Å². The van der Waals surface area contributed by atoms with Crippen LogP contribution in [-0.2, 0) is 4.79 Å². The van der Waals surface area contributed by atoms with E-state index in [1.54, 1.807) is 0 Å². The molecule has 104 valence electrons. The molecule has 1 aromatic carbocycles. The summed E-state index contributed by atoms with van der Waals surface area (Å²) in [5.41, 5.74) is 6.51. The highest BCUT2D eigenvalue weighted by molar-refractivity contribution is 5.74. The molecule has 0 saturated carbocycles. The van der Waals surface area contributed by atoms with Gasteiger partial charge in [0.25, 0.3) is 0 Å². The van der Waals surface area contributed by atoms with Crippen molar-refractivity contribution in [2.24, 2.45) is 5.73 Å². The molecule has 0 aromatic heterocycles. The topological polar surface area (TPSA) is 58.4 Å². The Morgan fingerprint density at radius 2 is 2.00 bits per heavy atom. The van der Waals surface area contributed by atoms with E-state index in [0.717, 1.165) is 25.9 Å². The van der Waals surface area contributed by atoms with E-state index in [4.69, 9.17) is 5.73 Å². The monoisotopic (exact) mass is 261 g/mol. The fourth-order valence-electron chi connectivity index (χ4n) is 2.71. The van der Waals surface area contributed by atoms with Gasteiger partial charge in [-0.05, 0) is 31.9 Å². The van der Waals surface area contributed by atoms with E-state index in [9.17, 15) is 4.79 Å². The highest BCUT2D eigenvalue weighted by atomic mass is 16.1. The summed E-state index contributed by atoms with van der Waals surface area (Å²) in [7, 11) is 0. The van der Waals surface area contributed by atoms with Crippen LogP contribution >= 0.6 is 0 Å². The van der Waals surface area contributed by atoms with Gasteiger partial charge >= 0.3 is 0 Å². The maximum Gasteiger partial charge on any atom is 0.218 e. The molecule has 4 nitrogen and oxygen atoms in total. The number of carbonyl (C=O) groups excluding carboxylic acids is 1. The van der Waals surface area contributed by atoms with Crippen LogP contribution in [0.5, 0.6) is 0 Å². The van der Waals surface area contributed by atoms with Gasteiger partial charge in [0.2, 0.25) is 5.91 Å². The van der Waals surface area contributed by atoms with Gasteiger partial charge in [-0.25, -0.2) is 0 Å². The van der Waals surface area contributed by atoms with Crippen molar-refractivity contribution < 1.29 is 4.79 Å². The van der Waals surface area contributed by atoms with Crippen LogP contribution in [0.4, 0.5) is 5.69 Å². The summed E-state index contributed by atoms with van der Waals surface area (Å²) in [6.07, 6.45) is 2.63. The van der Waals surface area contributed by atoms with E-state index in [1.165, 1.54) is 5.69 Å². The molecule has 19 heavy (non-hydrogen) atoms. The smallest absolute Gasteiger partial charge is 0.218 e. The normalized spacial score (nSPS) is 18.3. The Hall–Kier alpha value is -1.55. The Morgan fingerprint density at radius 3 is 2.58 bits per heavy atom. The van der Waals surface area contributed by atoms with Gasteiger partial charge in [-0.2, -0.15) is 0 Å². The summed E-state index contributed by atoms with van der Waals surface area (Å²) in [4.78, 5) is 13.3. The molecule has 0 spiro atoms. The summed E-state index contributed by atoms with van der Waals surface area (Å²) in [6.45, 7) is 4.14. The average molecular weight is 261 g/mol. The first kappa shape index (κ1) is 13.9. The molecule has 1 aliphatic rings. The number of carbonyl (C=O) groups is 1. The highest BCUT2D eigenvalue weighted by Crippen LogP contribution is 2.19. The molecule has 4 heteroatoms. The van der Waals surface area contributed by atoms with E-state index in [0.29, 0.717) is 12.5 Å². The maximum atomic E-state index is 10.9. The van der Waals surface area contributed by atoms with Crippen molar-refractivity contribution in [2.75, 3.05) is 18.0 Å². The van der Waals surface area contributed by atoms with Gasteiger partial charge in [0.15, 0.2) is 0 Å². The highest BCUT2D eigenvalue weighted by Gasteiger charge is 2.20. The number of anilines is 1. The zero-order chi connectivity index (χ0) is 13.7. The first-order valence-electron chi connectivity index (χ1n) is 6.99. The molecule has 1 atom stereocenters. The molecule has 0 radical (unpaired) electrons. The molecule has 0 bridgehead atoms. The fourth-order valence-corrected chi connectivity index (χ4v) is 2.71. The largest absolute Gasteiger partial charge is 0.371 e. The molecule has 1 aliphatic heterocycles. The molecule has 1 saturated heterocycles. The SMILES string of the molecule is CC(CC(N)=O)NC1CCN(c2ccccc2)CC1. The Morgan fingerprint density at radius 1 is 1.37 bits per heavy atom. The van der Waals surface area contributed by atoms with Crippen LogP contribution in [0.1, 0.15) is 26.2 Å². The predicted octanol–water partition coefficient (Wildman–Crippen LogP) is 1.51. The van der Waals surface area contributed by atoms with Crippen molar-refractivity contribution in [2.45, 2.75) is 38.3 Å². The molecule has 0 aliphatic carbocycles. The van der Waals surface area contributed by atoms with E-state index < -0.39 is 0 Å². The molecule has 1 amide bonds. The van der Waals surface area contributed by atoms with Gasteiger partial charge < -0.3 is 16.0 Å². The molecule has 2 rings (SSSR count). The third-order valence-corrected chi connectivity index (χ3v) is 3.64. The standard InChI is InChI=1S/C15H23N3O/c1-12(11-15(16)19)17-13-7-9-18(10-8-13)14-5-3-2-4-6-14/h2-6,12-13,17H,7-11H2,1H3,(H2,16,19). The third kappa shape index (κ3) is 4.24. The Balaban J connectivity index is 1.78. The van der Waals surface area contributed by atoms with Gasteiger partial charge in [-0.1, -0.05) is 18.2 Å². The van der Waals surface area contributed by atoms with Crippen LogP contribution in [0.25, 0.3) is 0 Å².